The lowest BCUT2D eigenvalue weighted by molar-refractivity contribution is -0.127. The Morgan fingerprint density at radius 2 is 2.00 bits per heavy atom. The molecule has 2 amide bonds. The van der Waals surface area contributed by atoms with Crippen LogP contribution in [0.2, 0.25) is 0 Å². The SMILES string of the molecule is CC(C(=O)NCC(=O)NCC1(c2ccccc2)CCC1)c1cnc[nH]1. The fourth-order valence-electron chi connectivity index (χ4n) is 3.26. The normalized spacial score (nSPS) is 16.5. The van der Waals surface area contributed by atoms with Crippen LogP contribution >= 0.6 is 0 Å². The number of nitrogens with zero attached hydrogens (tertiary/aromatic N) is 1. The third-order valence-electron chi connectivity index (χ3n) is 5.12. The van der Waals surface area contributed by atoms with Gasteiger partial charge in [0.1, 0.15) is 0 Å². The molecule has 3 N–H and O–H groups in total. The van der Waals surface area contributed by atoms with Gasteiger partial charge in [-0.2, -0.15) is 0 Å². The van der Waals surface area contributed by atoms with E-state index in [1.54, 1.807) is 13.1 Å². The van der Waals surface area contributed by atoms with E-state index in [1.807, 2.05) is 18.2 Å². The third-order valence-corrected chi connectivity index (χ3v) is 5.12. The fourth-order valence-corrected chi connectivity index (χ4v) is 3.26. The first-order chi connectivity index (χ1) is 12.1. The maximum absolute atomic E-state index is 12.1. The van der Waals surface area contributed by atoms with Crippen LogP contribution in [0.15, 0.2) is 42.9 Å². The van der Waals surface area contributed by atoms with Crippen molar-refractivity contribution >= 4 is 11.8 Å². The van der Waals surface area contributed by atoms with Crippen LogP contribution in [0.3, 0.4) is 0 Å². The Morgan fingerprint density at radius 3 is 2.60 bits per heavy atom. The number of hydrogen-bond donors (Lipinski definition) is 3. The van der Waals surface area contributed by atoms with Crippen molar-refractivity contribution in [3.63, 3.8) is 0 Å². The molecule has 0 radical (unpaired) electrons. The zero-order valence-electron chi connectivity index (χ0n) is 14.4. The van der Waals surface area contributed by atoms with E-state index < -0.39 is 0 Å². The summed E-state index contributed by atoms with van der Waals surface area (Å²) in [5.41, 5.74) is 2.05. The summed E-state index contributed by atoms with van der Waals surface area (Å²) in [7, 11) is 0. The van der Waals surface area contributed by atoms with Crippen LogP contribution in [0.5, 0.6) is 0 Å². The van der Waals surface area contributed by atoms with Crippen LogP contribution in [0, 0.1) is 0 Å². The summed E-state index contributed by atoms with van der Waals surface area (Å²) in [5.74, 6) is -0.717. The van der Waals surface area contributed by atoms with Crippen molar-refractivity contribution in [3.8, 4) is 0 Å². The lowest BCUT2D eigenvalue weighted by Gasteiger charge is -2.42. The zero-order valence-corrected chi connectivity index (χ0v) is 14.4. The van der Waals surface area contributed by atoms with E-state index in [-0.39, 0.29) is 29.7 Å². The van der Waals surface area contributed by atoms with E-state index in [0.717, 1.165) is 18.5 Å². The van der Waals surface area contributed by atoms with Crippen molar-refractivity contribution in [1.82, 2.24) is 20.6 Å². The number of rotatable bonds is 7. The minimum absolute atomic E-state index is 0.0117. The number of hydrogen-bond acceptors (Lipinski definition) is 3. The van der Waals surface area contributed by atoms with Crippen LogP contribution in [-0.2, 0) is 15.0 Å². The molecule has 1 fully saturated rings. The second-order valence-electron chi connectivity index (χ2n) is 6.72. The van der Waals surface area contributed by atoms with Crippen molar-refractivity contribution < 1.29 is 9.59 Å². The van der Waals surface area contributed by atoms with Gasteiger partial charge in [0, 0.05) is 23.9 Å². The average Bonchev–Trinajstić information content (AvgIpc) is 3.13. The van der Waals surface area contributed by atoms with E-state index in [4.69, 9.17) is 0 Å². The number of imidazole rings is 1. The Balaban J connectivity index is 1.47. The molecule has 132 valence electrons. The molecule has 1 atom stereocenters. The molecule has 1 aliphatic carbocycles. The molecule has 6 nitrogen and oxygen atoms in total. The lowest BCUT2D eigenvalue weighted by atomic mass is 9.64. The summed E-state index contributed by atoms with van der Waals surface area (Å²) in [6.45, 7) is 2.38. The topological polar surface area (TPSA) is 86.9 Å². The molecule has 0 spiro atoms. The largest absolute Gasteiger partial charge is 0.354 e. The summed E-state index contributed by atoms with van der Waals surface area (Å²) >= 11 is 0. The number of carbonyl (C=O) groups is 2. The van der Waals surface area contributed by atoms with E-state index in [1.165, 1.54) is 18.3 Å². The van der Waals surface area contributed by atoms with Gasteiger partial charge in [-0.15, -0.1) is 0 Å². The van der Waals surface area contributed by atoms with Gasteiger partial charge in [-0.05, 0) is 25.3 Å². The van der Waals surface area contributed by atoms with Gasteiger partial charge >= 0.3 is 0 Å². The maximum Gasteiger partial charge on any atom is 0.239 e. The first-order valence-corrected chi connectivity index (χ1v) is 8.69. The number of nitrogens with one attached hydrogen (secondary N) is 3. The van der Waals surface area contributed by atoms with Crippen LogP contribution in [0.4, 0.5) is 0 Å². The minimum atomic E-state index is -0.363. The maximum atomic E-state index is 12.1. The first kappa shape index (κ1) is 17.2. The number of H-pyrrole nitrogens is 1. The Hall–Kier alpha value is -2.63. The van der Waals surface area contributed by atoms with Gasteiger partial charge in [0.2, 0.25) is 11.8 Å². The van der Waals surface area contributed by atoms with E-state index >= 15 is 0 Å². The second-order valence-corrected chi connectivity index (χ2v) is 6.72. The lowest BCUT2D eigenvalue weighted by Crippen LogP contribution is -2.48. The monoisotopic (exact) mass is 340 g/mol. The van der Waals surface area contributed by atoms with Gasteiger partial charge in [0.05, 0.1) is 18.8 Å². The van der Waals surface area contributed by atoms with Crippen LogP contribution in [-0.4, -0.2) is 34.9 Å². The summed E-state index contributed by atoms with van der Waals surface area (Å²) in [6.07, 6.45) is 6.50. The van der Waals surface area contributed by atoms with E-state index in [9.17, 15) is 9.59 Å². The van der Waals surface area contributed by atoms with Gasteiger partial charge < -0.3 is 15.6 Å². The smallest absolute Gasteiger partial charge is 0.239 e. The van der Waals surface area contributed by atoms with Crippen LogP contribution in [0.25, 0.3) is 0 Å². The van der Waals surface area contributed by atoms with Gasteiger partial charge in [-0.1, -0.05) is 36.8 Å². The third kappa shape index (κ3) is 3.90. The highest BCUT2D eigenvalue weighted by Crippen LogP contribution is 2.43. The van der Waals surface area contributed by atoms with Crippen molar-refractivity contribution in [2.24, 2.45) is 0 Å². The molecule has 3 rings (SSSR count). The molecule has 1 aromatic carbocycles. The van der Waals surface area contributed by atoms with Crippen LogP contribution < -0.4 is 10.6 Å². The molecule has 1 heterocycles. The Bertz CT molecular complexity index is 708. The standard InChI is InChI=1S/C19H24N4O2/c1-14(16-10-20-13-23-16)18(25)21-11-17(24)22-12-19(8-5-9-19)15-6-3-2-4-7-15/h2-4,6-7,10,13-14H,5,8-9,11-12H2,1H3,(H,20,23)(H,21,25)(H,22,24). The van der Waals surface area contributed by atoms with E-state index in [2.05, 4.69) is 32.7 Å². The van der Waals surface area contributed by atoms with Gasteiger partial charge in [0.25, 0.3) is 0 Å². The molecule has 25 heavy (non-hydrogen) atoms. The van der Waals surface area contributed by atoms with Crippen LogP contribution in [0.1, 0.15) is 43.4 Å². The predicted molar refractivity (Wildman–Crippen MR) is 95.0 cm³/mol. The Labute approximate surface area is 147 Å². The predicted octanol–water partition coefficient (Wildman–Crippen LogP) is 1.87. The summed E-state index contributed by atoms with van der Waals surface area (Å²) < 4.78 is 0. The second kappa shape index (κ2) is 7.51. The summed E-state index contributed by atoms with van der Waals surface area (Å²) in [4.78, 5) is 31.0. The minimum Gasteiger partial charge on any atom is -0.354 e. The van der Waals surface area contributed by atoms with Gasteiger partial charge in [0.15, 0.2) is 0 Å². The van der Waals surface area contributed by atoms with E-state index in [0.29, 0.717) is 6.54 Å². The summed E-state index contributed by atoms with van der Waals surface area (Å²) in [5, 5.41) is 5.66. The van der Waals surface area contributed by atoms with Gasteiger partial charge in [-0.25, -0.2) is 4.98 Å². The molecular weight excluding hydrogens is 316 g/mol. The highest BCUT2D eigenvalue weighted by atomic mass is 16.2. The summed E-state index contributed by atoms with van der Waals surface area (Å²) in [6, 6.07) is 10.3. The highest BCUT2D eigenvalue weighted by molar-refractivity contribution is 5.87. The molecule has 1 unspecified atom stereocenters. The number of amides is 2. The highest BCUT2D eigenvalue weighted by Gasteiger charge is 2.38. The molecule has 1 aromatic heterocycles. The molecular formula is C19H24N4O2. The van der Waals surface area contributed by atoms with Crippen molar-refractivity contribution in [2.75, 3.05) is 13.1 Å². The molecule has 0 saturated heterocycles. The molecule has 2 aromatic rings. The number of benzene rings is 1. The average molecular weight is 340 g/mol. The molecule has 1 aliphatic rings. The quantitative estimate of drug-likeness (QED) is 0.719. The number of aromatic nitrogens is 2. The Kier molecular flexibility index (Phi) is 5.16. The van der Waals surface area contributed by atoms with Gasteiger partial charge in [-0.3, -0.25) is 9.59 Å². The zero-order chi connectivity index (χ0) is 17.7. The fraction of sp³-hybridized carbons (Fsp3) is 0.421. The molecule has 1 saturated carbocycles. The number of aromatic amines is 1. The van der Waals surface area contributed by atoms with Crippen molar-refractivity contribution in [3.05, 3.63) is 54.1 Å². The molecule has 0 aliphatic heterocycles. The molecule has 0 bridgehead atoms. The van der Waals surface area contributed by atoms with Crippen molar-refractivity contribution in [2.45, 2.75) is 37.5 Å². The first-order valence-electron chi connectivity index (χ1n) is 8.69. The van der Waals surface area contributed by atoms with Crippen molar-refractivity contribution in [1.29, 1.82) is 0 Å². The Morgan fingerprint density at radius 1 is 1.24 bits per heavy atom. The molecule has 6 heteroatoms. The number of carbonyl (C=O) groups excluding carboxylic acids is 2.